The number of benzene rings is 2. The number of hydrogen-bond donors (Lipinski definition) is 1. The lowest BCUT2D eigenvalue weighted by Gasteiger charge is -2.27. The summed E-state index contributed by atoms with van der Waals surface area (Å²) < 4.78 is 7.64. The van der Waals surface area contributed by atoms with Crippen molar-refractivity contribution in [3.63, 3.8) is 0 Å². The largest absolute Gasteiger partial charge is 0.439 e. The first-order valence-corrected chi connectivity index (χ1v) is 12.2. The maximum atomic E-state index is 13.3. The van der Waals surface area contributed by atoms with Gasteiger partial charge < -0.3 is 9.30 Å². The summed E-state index contributed by atoms with van der Waals surface area (Å²) in [5, 5.41) is 13.1. The third-order valence-corrected chi connectivity index (χ3v) is 6.48. The highest BCUT2D eigenvalue weighted by Gasteiger charge is 2.37. The molecule has 0 spiro atoms. The SMILES string of the molecule is Cc1ccccc1N1C(=O)NC(=O)/C(=C\c2cc(C)n(-c3ccc(Oc4ccc([N+](=O)[O-])cn4)cc3)c2C)C1=O. The van der Waals surface area contributed by atoms with Gasteiger partial charge in [-0.25, -0.2) is 14.7 Å². The van der Waals surface area contributed by atoms with Gasteiger partial charge in [-0.05, 0) is 74.4 Å². The summed E-state index contributed by atoms with van der Waals surface area (Å²) >= 11 is 0. The number of amides is 4. The van der Waals surface area contributed by atoms with Gasteiger partial charge in [0.05, 0.1) is 10.6 Å². The third-order valence-electron chi connectivity index (χ3n) is 6.48. The van der Waals surface area contributed by atoms with E-state index in [0.29, 0.717) is 17.0 Å². The normalized spacial score (nSPS) is 14.4. The Balaban J connectivity index is 1.42. The molecule has 3 heterocycles. The first kappa shape index (κ1) is 26.0. The summed E-state index contributed by atoms with van der Waals surface area (Å²) in [5.41, 5.74) is 3.91. The number of imide groups is 2. The molecule has 4 aromatic rings. The average Bonchev–Trinajstić information content (AvgIpc) is 3.20. The number of nitrogens with zero attached hydrogens (tertiary/aromatic N) is 4. The fraction of sp³-hybridized carbons (Fsp3) is 0.103. The molecule has 4 amide bonds. The van der Waals surface area contributed by atoms with E-state index in [-0.39, 0.29) is 17.1 Å². The number of anilines is 1. The van der Waals surface area contributed by atoms with Crippen LogP contribution in [0.3, 0.4) is 0 Å². The Hall–Kier alpha value is -5.58. The van der Waals surface area contributed by atoms with Gasteiger partial charge in [-0.2, -0.15) is 0 Å². The Morgan fingerprint density at radius 1 is 0.975 bits per heavy atom. The van der Waals surface area contributed by atoms with Crippen molar-refractivity contribution < 1.29 is 24.0 Å². The molecule has 1 fully saturated rings. The number of para-hydroxylation sites is 1. The van der Waals surface area contributed by atoms with Gasteiger partial charge in [0, 0.05) is 29.2 Å². The van der Waals surface area contributed by atoms with E-state index in [1.807, 2.05) is 36.6 Å². The molecule has 0 saturated carbocycles. The number of rotatable bonds is 6. The van der Waals surface area contributed by atoms with Crippen LogP contribution in [0.2, 0.25) is 0 Å². The van der Waals surface area contributed by atoms with Crippen molar-refractivity contribution in [3.05, 3.63) is 111 Å². The monoisotopic (exact) mass is 537 g/mol. The molecule has 0 bridgehead atoms. The number of barbiturate groups is 1. The van der Waals surface area contributed by atoms with Crippen LogP contribution in [0.25, 0.3) is 11.8 Å². The number of ether oxygens (including phenoxy) is 1. The summed E-state index contributed by atoms with van der Waals surface area (Å²) in [4.78, 5) is 53.8. The van der Waals surface area contributed by atoms with Crippen LogP contribution in [0, 0.1) is 30.9 Å². The Kier molecular flexibility index (Phi) is 6.70. The number of pyridine rings is 1. The number of hydrogen-bond acceptors (Lipinski definition) is 7. The molecule has 0 aliphatic carbocycles. The van der Waals surface area contributed by atoms with E-state index in [1.165, 1.54) is 18.2 Å². The molecule has 1 aliphatic heterocycles. The lowest BCUT2D eigenvalue weighted by atomic mass is 10.1. The molecular weight excluding hydrogens is 514 g/mol. The Labute approximate surface area is 228 Å². The number of aryl methyl sites for hydroxylation is 2. The summed E-state index contributed by atoms with van der Waals surface area (Å²) in [5.74, 6) is -0.755. The van der Waals surface area contributed by atoms with Crippen molar-refractivity contribution >= 4 is 35.3 Å². The molecule has 1 N–H and O–H groups in total. The van der Waals surface area contributed by atoms with E-state index in [0.717, 1.165) is 33.7 Å². The molecule has 0 unspecified atom stereocenters. The zero-order valence-corrected chi connectivity index (χ0v) is 21.7. The number of carbonyl (C=O) groups is 3. The lowest BCUT2D eigenvalue weighted by molar-refractivity contribution is -0.385. The van der Waals surface area contributed by atoms with Crippen molar-refractivity contribution in [2.24, 2.45) is 0 Å². The van der Waals surface area contributed by atoms with Crippen LogP contribution in [0.4, 0.5) is 16.2 Å². The fourth-order valence-corrected chi connectivity index (χ4v) is 4.50. The van der Waals surface area contributed by atoms with Gasteiger partial charge in [0.2, 0.25) is 5.88 Å². The van der Waals surface area contributed by atoms with E-state index in [1.54, 1.807) is 43.3 Å². The van der Waals surface area contributed by atoms with Crippen LogP contribution >= 0.6 is 0 Å². The fourth-order valence-electron chi connectivity index (χ4n) is 4.50. The lowest BCUT2D eigenvalue weighted by Crippen LogP contribution is -2.54. The minimum Gasteiger partial charge on any atom is -0.439 e. The molecular formula is C29H23N5O6. The van der Waals surface area contributed by atoms with Gasteiger partial charge in [-0.3, -0.25) is 25.0 Å². The average molecular weight is 538 g/mol. The highest BCUT2D eigenvalue weighted by molar-refractivity contribution is 6.39. The highest BCUT2D eigenvalue weighted by Crippen LogP contribution is 2.29. The van der Waals surface area contributed by atoms with E-state index in [9.17, 15) is 24.5 Å². The van der Waals surface area contributed by atoms with Gasteiger partial charge in [0.1, 0.15) is 17.5 Å². The first-order chi connectivity index (χ1) is 19.1. The molecule has 11 heteroatoms. The molecule has 2 aromatic heterocycles. The van der Waals surface area contributed by atoms with E-state index < -0.39 is 22.8 Å². The zero-order valence-electron chi connectivity index (χ0n) is 21.7. The third kappa shape index (κ3) is 4.83. The van der Waals surface area contributed by atoms with Crippen LogP contribution in [-0.4, -0.2) is 32.3 Å². The predicted octanol–water partition coefficient (Wildman–Crippen LogP) is 5.16. The van der Waals surface area contributed by atoms with Gasteiger partial charge in [0.15, 0.2) is 0 Å². The summed E-state index contributed by atoms with van der Waals surface area (Å²) in [6.45, 7) is 5.54. The topological polar surface area (TPSA) is 137 Å². The zero-order chi connectivity index (χ0) is 28.6. The number of carbonyl (C=O) groups excluding carboxylic acids is 3. The summed E-state index contributed by atoms with van der Waals surface area (Å²) in [6.07, 6.45) is 2.62. The molecule has 40 heavy (non-hydrogen) atoms. The van der Waals surface area contributed by atoms with Crippen molar-refractivity contribution in [1.82, 2.24) is 14.9 Å². The van der Waals surface area contributed by atoms with Crippen LogP contribution < -0.4 is 15.0 Å². The second-order valence-electron chi connectivity index (χ2n) is 9.11. The van der Waals surface area contributed by atoms with E-state index in [2.05, 4.69) is 10.3 Å². The standard InChI is InChI=1S/C29H23N5O6/c1-17-6-4-5-7-25(17)33-28(36)24(27(35)31-29(33)37)15-20-14-18(2)32(19(20)3)21-8-11-23(12-9-21)40-26-13-10-22(16-30-26)34(38)39/h4-16H,1-3H3,(H,31,35,37)/b24-15+. The molecule has 1 aliphatic rings. The molecule has 1 saturated heterocycles. The number of nitrogens with one attached hydrogen (secondary N) is 1. The predicted molar refractivity (Wildman–Crippen MR) is 146 cm³/mol. The first-order valence-electron chi connectivity index (χ1n) is 12.2. The minimum absolute atomic E-state index is 0.131. The second-order valence-corrected chi connectivity index (χ2v) is 9.11. The summed E-state index contributed by atoms with van der Waals surface area (Å²) in [6, 6.07) is 17.9. The molecule has 200 valence electrons. The number of urea groups is 1. The van der Waals surface area contributed by atoms with Crippen LogP contribution in [0.5, 0.6) is 11.6 Å². The molecule has 2 aromatic carbocycles. The molecule has 11 nitrogen and oxygen atoms in total. The second kappa shape index (κ2) is 10.3. The van der Waals surface area contributed by atoms with Gasteiger partial charge in [0.25, 0.3) is 17.5 Å². The van der Waals surface area contributed by atoms with E-state index in [4.69, 9.17) is 4.74 Å². The maximum absolute atomic E-state index is 13.3. The number of aromatic nitrogens is 2. The molecule has 0 atom stereocenters. The Morgan fingerprint density at radius 3 is 2.35 bits per heavy atom. The molecule has 0 radical (unpaired) electrons. The quantitative estimate of drug-likeness (QED) is 0.155. The smallest absolute Gasteiger partial charge is 0.335 e. The van der Waals surface area contributed by atoms with Gasteiger partial charge in [-0.15, -0.1) is 0 Å². The van der Waals surface area contributed by atoms with Crippen molar-refractivity contribution in [2.45, 2.75) is 20.8 Å². The summed E-state index contributed by atoms with van der Waals surface area (Å²) in [7, 11) is 0. The molecule has 5 rings (SSSR count). The Morgan fingerprint density at radius 2 is 1.70 bits per heavy atom. The van der Waals surface area contributed by atoms with Gasteiger partial charge in [-0.1, -0.05) is 18.2 Å². The van der Waals surface area contributed by atoms with Crippen molar-refractivity contribution in [1.29, 1.82) is 0 Å². The van der Waals surface area contributed by atoms with Crippen LogP contribution in [0.15, 0.2) is 78.5 Å². The van der Waals surface area contributed by atoms with Crippen molar-refractivity contribution in [2.75, 3.05) is 4.90 Å². The van der Waals surface area contributed by atoms with Crippen LogP contribution in [0.1, 0.15) is 22.5 Å². The van der Waals surface area contributed by atoms with E-state index >= 15 is 0 Å². The minimum atomic E-state index is -0.793. The van der Waals surface area contributed by atoms with Crippen LogP contribution in [-0.2, 0) is 9.59 Å². The highest BCUT2D eigenvalue weighted by atomic mass is 16.6. The Bertz CT molecular complexity index is 1700. The van der Waals surface area contributed by atoms with Crippen molar-refractivity contribution in [3.8, 4) is 17.3 Å². The number of nitro groups is 1. The van der Waals surface area contributed by atoms with Gasteiger partial charge >= 0.3 is 6.03 Å². The maximum Gasteiger partial charge on any atom is 0.335 e.